The lowest BCUT2D eigenvalue weighted by Crippen LogP contribution is -2.25. The molecule has 7 nitrogen and oxygen atoms in total. The largest absolute Gasteiger partial charge is 0.497 e. The highest BCUT2D eigenvalue weighted by Gasteiger charge is 2.14. The highest BCUT2D eigenvalue weighted by atomic mass is 16.5. The first kappa shape index (κ1) is 23.2. The van der Waals surface area contributed by atoms with Crippen molar-refractivity contribution in [2.24, 2.45) is 0 Å². The predicted molar refractivity (Wildman–Crippen MR) is 132 cm³/mol. The molecule has 0 fully saturated rings. The van der Waals surface area contributed by atoms with Crippen LogP contribution in [-0.2, 0) is 13.1 Å². The van der Waals surface area contributed by atoms with E-state index in [0.29, 0.717) is 24.5 Å². The van der Waals surface area contributed by atoms with E-state index in [0.717, 1.165) is 47.7 Å². The van der Waals surface area contributed by atoms with Gasteiger partial charge in [0.25, 0.3) is 5.91 Å². The molecule has 0 radical (unpaired) electrons. The number of aromatic nitrogens is 2. The summed E-state index contributed by atoms with van der Waals surface area (Å²) in [4.78, 5) is 17.5. The lowest BCUT2D eigenvalue weighted by atomic mass is 10.2. The quantitative estimate of drug-likeness (QED) is 0.325. The van der Waals surface area contributed by atoms with E-state index in [4.69, 9.17) is 19.2 Å². The summed E-state index contributed by atoms with van der Waals surface area (Å²) < 4.78 is 18.6. The first-order valence-corrected chi connectivity index (χ1v) is 11.3. The number of carbonyl (C=O) groups excluding carboxylic acids is 1. The van der Waals surface area contributed by atoms with Gasteiger partial charge in [0.05, 0.1) is 44.0 Å². The summed E-state index contributed by atoms with van der Waals surface area (Å²) in [6.07, 6.45) is 1.80. The van der Waals surface area contributed by atoms with Crippen LogP contribution in [0.15, 0.2) is 72.8 Å². The SMILES string of the molecule is COc1cccc(OCCCCn2c(CNC(=O)c3ccccc3OC)nc3ccccc32)c1. The number of nitrogens with zero attached hydrogens (tertiary/aromatic N) is 2. The molecule has 0 aliphatic rings. The fraction of sp³-hybridized carbons (Fsp3) is 0.259. The number of para-hydroxylation sites is 3. The average molecular weight is 460 g/mol. The molecule has 7 heteroatoms. The highest BCUT2D eigenvalue weighted by Crippen LogP contribution is 2.21. The monoisotopic (exact) mass is 459 g/mol. The highest BCUT2D eigenvalue weighted by molar-refractivity contribution is 5.96. The Hall–Kier alpha value is -4.00. The summed E-state index contributed by atoms with van der Waals surface area (Å²) in [7, 11) is 3.20. The zero-order valence-corrected chi connectivity index (χ0v) is 19.5. The van der Waals surface area contributed by atoms with E-state index < -0.39 is 0 Å². The third-order valence-corrected chi connectivity index (χ3v) is 5.58. The minimum absolute atomic E-state index is 0.192. The number of unbranched alkanes of at least 4 members (excludes halogenated alkanes) is 1. The maximum atomic E-state index is 12.8. The zero-order valence-electron chi connectivity index (χ0n) is 19.5. The van der Waals surface area contributed by atoms with Crippen LogP contribution < -0.4 is 19.5 Å². The Balaban J connectivity index is 1.38. The van der Waals surface area contributed by atoms with Gasteiger partial charge >= 0.3 is 0 Å². The Kier molecular flexibility index (Phi) is 7.65. The van der Waals surface area contributed by atoms with Gasteiger partial charge in [-0.1, -0.05) is 30.3 Å². The third kappa shape index (κ3) is 5.49. The van der Waals surface area contributed by atoms with Crippen LogP contribution in [0.3, 0.4) is 0 Å². The molecule has 4 aromatic rings. The van der Waals surface area contributed by atoms with Gasteiger partial charge < -0.3 is 24.1 Å². The van der Waals surface area contributed by atoms with Crippen LogP contribution in [-0.4, -0.2) is 36.3 Å². The second-order valence-electron chi connectivity index (χ2n) is 7.79. The van der Waals surface area contributed by atoms with Gasteiger partial charge in [0.2, 0.25) is 0 Å². The first-order chi connectivity index (χ1) is 16.7. The molecule has 3 aromatic carbocycles. The normalized spacial score (nSPS) is 10.8. The summed E-state index contributed by atoms with van der Waals surface area (Å²) in [6, 6.07) is 22.8. The maximum absolute atomic E-state index is 12.8. The summed E-state index contributed by atoms with van der Waals surface area (Å²) in [5.41, 5.74) is 2.47. The third-order valence-electron chi connectivity index (χ3n) is 5.58. The Morgan fingerprint density at radius 3 is 2.56 bits per heavy atom. The Labute approximate surface area is 199 Å². The molecule has 1 N–H and O–H groups in total. The standard InChI is InChI=1S/C27H29N3O4/c1-32-20-10-9-11-21(18-20)34-17-8-7-16-30-24-14-5-4-13-23(24)29-26(30)19-28-27(31)22-12-3-6-15-25(22)33-2/h3-6,9-15,18H,7-8,16-17,19H2,1-2H3,(H,28,31). The van der Waals surface area contributed by atoms with Gasteiger partial charge in [0.1, 0.15) is 23.1 Å². The van der Waals surface area contributed by atoms with Crippen molar-refractivity contribution in [2.75, 3.05) is 20.8 Å². The fourth-order valence-corrected chi connectivity index (χ4v) is 3.85. The summed E-state index contributed by atoms with van der Waals surface area (Å²) in [5.74, 6) is 2.75. The van der Waals surface area contributed by atoms with E-state index >= 15 is 0 Å². The van der Waals surface area contributed by atoms with Crippen LogP contribution in [0.2, 0.25) is 0 Å². The van der Waals surface area contributed by atoms with Crippen molar-refractivity contribution in [3.63, 3.8) is 0 Å². The molecular formula is C27H29N3O4. The summed E-state index contributed by atoms with van der Waals surface area (Å²) in [6.45, 7) is 1.72. The van der Waals surface area contributed by atoms with Gasteiger partial charge in [0.15, 0.2) is 0 Å². The molecular weight excluding hydrogens is 430 g/mol. The lowest BCUT2D eigenvalue weighted by molar-refractivity contribution is 0.0946. The van der Waals surface area contributed by atoms with E-state index in [1.807, 2.05) is 54.6 Å². The molecule has 0 spiro atoms. The number of methoxy groups -OCH3 is 2. The molecule has 0 saturated carbocycles. The molecule has 176 valence electrons. The number of rotatable bonds is 11. The van der Waals surface area contributed by atoms with Crippen molar-refractivity contribution in [2.45, 2.75) is 25.9 Å². The molecule has 1 amide bonds. The molecule has 0 unspecified atom stereocenters. The van der Waals surface area contributed by atoms with Crippen molar-refractivity contribution in [3.05, 3.63) is 84.2 Å². The molecule has 0 aliphatic carbocycles. The van der Waals surface area contributed by atoms with Crippen LogP contribution >= 0.6 is 0 Å². The maximum Gasteiger partial charge on any atom is 0.255 e. The number of carbonyl (C=O) groups is 1. The Morgan fingerprint density at radius 2 is 1.71 bits per heavy atom. The fourth-order valence-electron chi connectivity index (χ4n) is 3.85. The van der Waals surface area contributed by atoms with Gasteiger partial charge in [-0.3, -0.25) is 4.79 Å². The molecule has 1 heterocycles. The molecule has 4 rings (SSSR count). The minimum Gasteiger partial charge on any atom is -0.497 e. The van der Waals surface area contributed by atoms with Crippen molar-refractivity contribution < 1.29 is 19.0 Å². The molecule has 0 bridgehead atoms. The number of ether oxygens (including phenoxy) is 3. The van der Waals surface area contributed by atoms with E-state index in [9.17, 15) is 4.79 Å². The lowest BCUT2D eigenvalue weighted by Gasteiger charge is -2.12. The molecule has 34 heavy (non-hydrogen) atoms. The molecule has 0 aliphatic heterocycles. The van der Waals surface area contributed by atoms with E-state index in [2.05, 4.69) is 16.0 Å². The van der Waals surface area contributed by atoms with Crippen LogP contribution in [0.25, 0.3) is 11.0 Å². The first-order valence-electron chi connectivity index (χ1n) is 11.3. The minimum atomic E-state index is -0.192. The molecule has 0 saturated heterocycles. The number of nitrogens with one attached hydrogen (secondary N) is 1. The number of amides is 1. The van der Waals surface area contributed by atoms with E-state index in [1.165, 1.54) is 0 Å². The molecule has 0 atom stereocenters. The zero-order chi connectivity index (χ0) is 23.8. The van der Waals surface area contributed by atoms with Gasteiger partial charge in [0, 0.05) is 12.6 Å². The number of benzene rings is 3. The van der Waals surface area contributed by atoms with Crippen molar-refractivity contribution in [1.82, 2.24) is 14.9 Å². The van der Waals surface area contributed by atoms with Crippen molar-refractivity contribution >= 4 is 16.9 Å². The number of imidazole rings is 1. The van der Waals surface area contributed by atoms with Gasteiger partial charge in [-0.05, 0) is 49.2 Å². The number of aryl methyl sites for hydroxylation is 1. The summed E-state index contributed by atoms with van der Waals surface area (Å²) >= 11 is 0. The Bertz CT molecular complexity index is 1250. The predicted octanol–water partition coefficient (Wildman–Crippen LogP) is 4.84. The number of hydrogen-bond acceptors (Lipinski definition) is 5. The second-order valence-corrected chi connectivity index (χ2v) is 7.79. The van der Waals surface area contributed by atoms with Crippen molar-refractivity contribution in [1.29, 1.82) is 0 Å². The van der Waals surface area contributed by atoms with Crippen LogP contribution in [0, 0.1) is 0 Å². The Morgan fingerprint density at radius 1 is 0.912 bits per heavy atom. The average Bonchev–Trinajstić information content (AvgIpc) is 3.24. The number of hydrogen-bond donors (Lipinski definition) is 1. The number of fused-ring (bicyclic) bond motifs is 1. The summed E-state index contributed by atoms with van der Waals surface area (Å²) in [5, 5.41) is 2.99. The van der Waals surface area contributed by atoms with E-state index in [1.54, 1.807) is 26.4 Å². The topological polar surface area (TPSA) is 74.6 Å². The van der Waals surface area contributed by atoms with Crippen LogP contribution in [0.5, 0.6) is 17.2 Å². The van der Waals surface area contributed by atoms with Gasteiger partial charge in [-0.2, -0.15) is 0 Å². The van der Waals surface area contributed by atoms with Gasteiger partial charge in [-0.15, -0.1) is 0 Å². The van der Waals surface area contributed by atoms with Crippen LogP contribution in [0.4, 0.5) is 0 Å². The molecule has 1 aromatic heterocycles. The van der Waals surface area contributed by atoms with E-state index in [-0.39, 0.29) is 5.91 Å². The smallest absolute Gasteiger partial charge is 0.255 e. The van der Waals surface area contributed by atoms with Crippen LogP contribution in [0.1, 0.15) is 29.0 Å². The van der Waals surface area contributed by atoms with Gasteiger partial charge in [-0.25, -0.2) is 4.98 Å². The van der Waals surface area contributed by atoms with Crippen molar-refractivity contribution in [3.8, 4) is 17.2 Å². The second kappa shape index (κ2) is 11.2.